The van der Waals surface area contributed by atoms with Gasteiger partial charge in [0.25, 0.3) is 0 Å². The van der Waals surface area contributed by atoms with Crippen LogP contribution in [0.1, 0.15) is 33.3 Å². The minimum Gasteiger partial charge on any atom is -0.465 e. The highest BCUT2D eigenvalue weighted by Gasteiger charge is 2.12. The standard InChI is InChI=1S/C15H22BrClO4/c1-5-18-10(3)20-9-13-14(16)7-12(8-15(13)17)21-11(4)19-6-2/h7-8,10-11H,5-6,9H2,1-4H3. The Bertz CT molecular complexity index is 419. The van der Waals surface area contributed by atoms with E-state index in [0.29, 0.717) is 30.6 Å². The molecule has 21 heavy (non-hydrogen) atoms. The van der Waals surface area contributed by atoms with Crippen LogP contribution in [0.4, 0.5) is 0 Å². The van der Waals surface area contributed by atoms with Crippen molar-refractivity contribution < 1.29 is 18.9 Å². The van der Waals surface area contributed by atoms with Gasteiger partial charge < -0.3 is 18.9 Å². The highest BCUT2D eigenvalue weighted by atomic mass is 79.9. The zero-order chi connectivity index (χ0) is 15.8. The van der Waals surface area contributed by atoms with Gasteiger partial charge in [-0.3, -0.25) is 0 Å². The molecule has 0 aliphatic heterocycles. The van der Waals surface area contributed by atoms with E-state index in [4.69, 9.17) is 30.5 Å². The number of benzene rings is 1. The van der Waals surface area contributed by atoms with Crippen molar-refractivity contribution in [2.45, 2.75) is 46.9 Å². The maximum atomic E-state index is 6.28. The van der Waals surface area contributed by atoms with Gasteiger partial charge in [-0.05, 0) is 39.8 Å². The molecule has 0 saturated heterocycles. The Kier molecular flexibility index (Phi) is 8.59. The van der Waals surface area contributed by atoms with E-state index in [9.17, 15) is 0 Å². The van der Waals surface area contributed by atoms with Crippen LogP contribution in [0.2, 0.25) is 5.02 Å². The summed E-state index contributed by atoms with van der Waals surface area (Å²) >= 11 is 9.77. The molecule has 120 valence electrons. The summed E-state index contributed by atoms with van der Waals surface area (Å²) < 4.78 is 22.7. The zero-order valence-corrected chi connectivity index (χ0v) is 15.2. The zero-order valence-electron chi connectivity index (χ0n) is 12.8. The maximum absolute atomic E-state index is 6.28. The largest absolute Gasteiger partial charge is 0.465 e. The summed E-state index contributed by atoms with van der Waals surface area (Å²) in [5.74, 6) is 0.648. The van der Waals surface area contributed by atoms with Crippen LogP contribution in [-0.2, 0) is 20.8 Å². The summed E-state index contributed by atoms with van der Waals surface area (Å²) in [5.41, 5.74) is 0.861. The van der Waals surface area contributed by atoms with E-state index in [0.717, 1.165) is 10.0 Å². The molecule has 1 aromatic carbocycles. The molecule has 2 unspecified atom stereocenters. The molecular weight excluding hydrogens is 360 g/mol. The van der Waals surface area contributed by atoms with Gasteiger partial charge in [0.15, 0.2) is 12.6 Å². The summed E-state index contributed by atoms with van der Waals surface area (Å²) in [5, 5.41) is 0.576. The topological polar surface area (TPSA) is 36.9 Å². The molecule has 1 rings (SSSR count). The quantitative estimate of drug-likeness (QED) is 0.578. The molecule has 0 spiro atoms. The SMILES string of the molecule is CCOC(C)OCc1c(Cl)cc(OC(C)OCC)cc1Br. The van der Waals surface area contributed by atoms with Gasteiger partial charge in [0.1, 0.15) is 5.75 Å². The molecule has 0 aromatic heterocycles. The van der Waals surface area contributed by atoms with Gasteiger partial charge in [0.2, 0.25) is 0 Å². The van der Waals surface area contributed by atoms with Gasteiger partial charge in [0, 0.05) is 23.2 Å². The van der Waals surface area contributed by atoms with E-state index in [-0.39, 0.29) is 12.6 Å². The lowest BCUT2D eigenvalue weighted by atomic mass is 10.2. The van der Waals surface area contributed by atoms with Crippen LogP contribution >= 0.6 is 27.5 Å². The predicted molar refractivity (Wildman–Crippen MR) is 86.7 cm³/mol. The first-order valence-electron chi connectivity index (χ1n) is 6.97. The van der Waals surface area contributed by atoms with Gasteiger partial charge in [-0.1, -0.05) is 27.5 Å². The van der Waals surface area contributed by atoms with E-state index >= 15 is 0 Å². The molecule has 0 amide bonds. The van der Waals surface area contributed by atoms with Crippen molar-refractivity contribution >= 4 is 27.5 Å². The maximum Gasteiger partial charge on any atom is 0.196 e. The molecule has 0 aliphatic carbocycles. The second-order valence-electron chi connectivity index (χ2n) is 4.34. The van der Waals surface area contributed by atoms with Gasteiger partial charge in [-0.25, -0.2) is 0 Å². The monoisotopic (exact) mass is 380 g/mol. The minimum atomic E-state index is -0.321. The second-order valence-corrected chi connectivity index (χ2v) is 5.60. The van der Waals surface area contributed by atoms with Crippen molar-refractivity contribution in [3.05, 3.63) is 27.2 Å². The van der Waals surface area contributed by atoms with Gasteiger partial charge in [0.05, 0.1) is 11.6 Å². The summed E-state index contributed by atoms with van der Waals surface area (Å²) in [6.45, 7) is 9.10. The second kappa shape index (κ2) is 9.64. The van der Waals surface area contributed by atoms with Gasteiger partial charge in [-0.2, -0.15) is 0 Å². The van der Waals surface area contributed by atoms with E-state index in [1.807, 2.05) is 33.8 Å². The van der Waals surface area contributed by atoms with Crippen molar-refractivity contribution in [3.8, 4) is 5.75 Å². The van der Waals surface area contributed by atoms with Gasteiger partial charge >= 0.3 is 0 Å². The molecule has 6 heteroatoms. The third kappa shape index (κ3) is 6.53. The Balaban J connectivity index is 2.71. The fourth-order valence-electron chi connectivity index (χ4n) is 1.73. The van der Waals surface area contributed by atoms with Crippen LogP contribution in [0.3, 0.4) is 0 Å². The highest BCUT2D eigenvalue weighted by molar-refractivity contribution is 9.10. The Morgan fingerprint density at radius 2 is 1.67 bits per heavy atom. The Morgan fingerprint density at radius 1 is 1.05 bits per heavy atom. The van der Waals surface area contributed by atoms with Crippen LogP contribution in [-0.4, -0.2) is 25.8 Å². The molecule has 4 nitrogen and oxygen atoms in total. The average molecular weight is 382 g/mol. The van der Waals surface area contributed by atoms with E-state index < -0.39 is 0 Å². The summed E-state index contributed by atoms with van der Waals surface area (Å²) in [6.07, 6.45) is -0.593. The third-order valence-electron chi connectivity index (χ3n) is 2.68. The number of hydrogen-bond acceptors (Lipinski definition) is 4. The summed E-state index contributed by atoms with van der Waals surface area (Å²) in [4.78, 5) is 0. The molecular formula is C15H22BrClO4. The first kappa shape index (κ1) is 18.7. The van der Waals surface area contributed by atoms with E-state index in [1.54, 1.807) is 6.07 Å². The highest BCUT2D eigenvalue weighted by Crippen LogP contribution is 2.32. The lowest BCUT2D eigenvalue weighted by Crippen LogP contribution is -2.16. The van der Waals surface area contributed by atoms with Crippen LogP contribution in [0.25, 0.3) is 0 Å². The normalized spacial score (nSPS) is 14.0. The molecule has 1 aromatic rings. The molecule has 0 fully saturated rings. The molecule has 0 heterocycles. The molecule has 0 radical (unpaired) electrons. The van der Waals surface area contributed by atoms with Crippen LogP contribution in [0.15, 0.2) is 16.6 Å². The first-order valence-corrected chi connectivity index (χ1v) is 8.14. The molecule has 0 aliphatic rings. The number of rotatable bonds is 9. The van der Waals surface area contributed by atoms with E-state index in [1.165, 1.54) is 0 Å². The third-order valence-corrected chi connectivity index (χ3v) is 3.73. The number of ether oxygens (including phenoxy) is 4. The average Bonchev–Trinajstić information content (AvgIpc) is 2.38. The van der Waals surface area contributed by atoms with Crippen molar-refractivity contribution in [2.24, 2.45) is 0 Å². The fraction of sp³-hybridized carbons (Fsp3) is 0.600. The lowest BCUT2D eigenvalue weighted by molar-refractivity contribution is -0.134. The fourth-order valence-corrected chi connectivity index (χ4v) is 2.66. The molecule has 0 N–H and O–H groups in total. The Hall–Kier alpha value is -0.330. The first-order chi connectivity index (χ1) is 9.97. The predicted octanol–water partition coefficient (Wildman–Crippen LogP) is 4.76. The lowest BCUT2D eigenvalue weighted by Gasteiger charge is -2.17. The Morgan fingerprint density at radius 3 is 2.24 bits per heavy atom. The van der Waals surface area contributed by atoms with Crippen molar-refractivity contribution in [1.82, 2.24) is 0 Å². The van der Waals surface area contributed by atoms with Crippen LogP contribution in [0.5, 0.6) is 5.75 Å². The van der Waals surface area contributed by atoms with Crippen molar-refractivity contribution in [3.63, 3.8) is 0 Å². The molecule has 0 saturated carbocycles. The molecule has 2 atom stereocenters. The Labute approximate surface area is 139 Å². The smallest absolute Gasteiger partial charge is 0.196 e. The molecule has 0 bridgehead atoms. The van der Waals surface area contributed by atoms with Crippen LogP contribution < -0.4 is 4.74 Å². The van der Waals surface area contributed by atoms with Crippen LogP contribution in [0, 0.1) is 0 Å². The van der Waals surface area contributed by atoms with Crippen molar-refractivity contribution in [2.75, 3.05) is 13.2 Å². The number of hydrogen-bond donors (Lipinski definition) is 0. The minimum absolute atomic E-state index is 0.271. The summed E-state index contributed by atoms with van der Waals surface area (Å²) in [6, 6.07) is 3.61. The van der Waals surface area contributed by atoms with E-state index in [2.05, 4.69) is 15.9 Å². The van der Waals surface area contributed by atoms with Gasteiger partial charge in [-0.15, -0.1) is 0 Å². The summed E-state index contributed by atoms with van der Waals surface area (Å²) in [7, 11) is 0. The van der Waals surface area contributed by atoms with Crippen molar-refractivity contribution in [1.29, 1.82) is 0 Å². The number of halogens is 2.